The molecule has 2 rings (SSSR count). The van der Waals surface area contributed by atoms with Gasteiger partial charge in [-0.3, -0.25) is 4.79 Å². The van der Waals surface area contributed by atoms with Gasteiger partial charge in [0.25, 0.3) is 5.91 Å². The number of aryl methyl sites for hydroxylation is 2. The van der Waals surface area contributed by atoms with E-state index in [4.69, 9.17) is 25.8 Å². The van der Waals surface area contributed by atoms with Gasteiger partial charge in [-0.25, -0.2) is 4.79 Å². The minimum Gasteiger partial charge on any atom is -0.495 e. The second kappa shape index (κ2) is 8.92. The van der Waals surface area contributed by atoms with Gasteiger partial charge in [-0.15, -0.1) is 0 Å². The van der Waals surface area contributed by atoms with Gasteiger partial charge in [0.1, 0.15) is 18.1 Å². The highest BCUT2D eigenvalue weighted by atomic mass is 35.5. The number of hydrogen-bond acceptors (Lipinski definition) is 5. The molecule has 0 radical (unpaired) electrons. The van der Waals surface area contributed by atoms with Crippen LogP contribution in [0.3, 0.4) is 0 Å². The summed E-state index contributed by atoms with van der Waals surface area (Å²) in [6, 6.07) is 3.36. The van der Waals surface area contributed by atoms with Crippen LogP contribution in [-0.2, 0) is 9.47 Å². The molecule has 8 heteroatoms. The molecule has 27 heavy (non-hydrogen) atoms. The normalized spacial score (nSPS) is 10.6. The van der Waals surface area contributed by atoms with Crippen LogP contribution in [0.15, 0.2) is 12.1 Å². The highest BCUT2D eigenvalue weighted by Gasteiger charge is 2.23. The zero-order valence-electron chi connectivity index (χ0n) is 16.0. The second-order valence-corrected chi connectivity index (χ2v) is 6.42. The van der Waals surface area contributed by atoms with E-state index in [1.165, 1.54) is 14.2 Å². The molecule has 1 heterocycles. The number of nitrogens with one attached hydrogen (secondary N) is 2. The summed E-state index contributed by atoms with van der Waals surface area (Å²) < 4.78 is 15.3. The lowest BCUT2D eigenvalue weighted by Gasteiger charge is -2.12. The first-order chi connectivity index (χ1) is 12.8. The standard InChI is InChI=1S/C19H23ClN2O5/c1-10-8-14(15(26-5)9-13(10)20)22-18(23)17-11(2)16(12(3)21-17)19(24)27-7-6-25-4/h8-9,21H,6-7H2,1-5H3,(H,22,23). The van der Waals surface area contributed by atoms with Gasteiger partial charge >= 0.3 is 5.97 Å². The molecule has 146 valence electrons. The van der Waals surface area contributed by atoms with E-state index in [0.717, 1.165) is 5.56 Å². The molecule has 0 spiro atoms. The molecular weight excluding hydrogens is 372 g/mol. The lowest BCUT2D eigenvalue weighted by atomic mass is 10.1. The highest BCUT2D eigenvalue weighted by Crippen LogP contribution is 2.31. The van der Waals surface area contributed by atoms with Crippen molar-refractivity contribution in [3.8, 4) is 5.75 Å². The number of hydrogen-bond donors (Lipinski definition) is 2. The van der Waals surface area contributed by atoms with E-state index in [2.05, 4.69) is 10.3 Å². The van der Waals surface area contributed by atoms with Crippen LogP contribution in [0.5, 0.6) is 5.75 Å². The smallest absolute Gasteiger partial charge is 0.340 e. The third-order valence-electron chi connectivity index (χ3n) is 4.12. The zero-order chi connectivity index (χ0) is 20.1. The van der Waals surface area contributed by atoms with Gasteiger partial charge in [0.15, 0.2) is 0 Å². The lowest BCUT2D eigenvalue weighted by Crippen LogP contribution is -2.15. The maximum absolute atomic E-state index is 12.7. The monoisotopic (exact) mass is 394 g/mol. The molecule has 1 aromatic heterocycles. The van der Waals surface area contributed by atoms with E-state index in [9.17, 15) is 9.59 Å². The number of carbonyl (C=O) groups excluding carboxylic acids is 2. The third-order valence-corrected chi connectivity index (χ3v) is 4.53. The van der Waals surface area contributed by atoms with E-state index in [-0.39, 0.29) is 12.3 Å². The molecule has 0 bridgehead atoms. The number of H-pyrrole nitrogens is 1. The first kappa shape index (κ1) is 20.8. The number of rotatable bonds is 7. The van der Waals surface area contributed by atoms with Crippen molar-refractivity contribution in [1.82, 2.24) is 4.98 Å². The van der Waals surface area contributed by atoms with Crippen molar-refractivity contribution in [2.45, 2.75) is 20.8 Å². The molecular formula is C19H23ClN2O5. The minimum atomic E-state index is -0.503. The van der Waals surface area contributed by atoms with Gasteiger partial charge in [-0.2, -0.15) is 0 Å². The Hall–Kier alpha value is -2.51. The molecule has 0 saturated carbocycles. The van der Waals surface area contributed by atoms with Crippen molar-refractivity contribution in [1.29, 1.82) is 0 Å². The number of aromatic amines is 1. The minimum absolute atomic E-state index is 0.141. The van der Waals surface area contributed by atoms with Crippen molar-refractivity contribution in [2.75, 3.05) is 32.8 Å². The molecule has 2 aromatic rings. The lowest BCUT2D eigenvalue weighted by molar-refractivity contribution is 0.0387. The fourth-order valence-corrected chi connectivity index (χ4v) is 2.84. The largest absolute Gasteiger partial charge is 0.495 e. The van der Waals surface area contributed by atoms with Gasteiger partial charge in [0, 0.05) is 23.9 Å². The SMILES string of the molecule is COCCOC(=O)c1c(C)[nH]c(C(=O)Nc2cc(C)c(Cl)cc2OC)c1C. The summed E-state index contributed by atoms with van der Waals surface area (Å²) >= 11 is 6.10. The molecule has 0 saturated heterocycles. The Morgan fingerprint density at radius 3 is 2.48 bits per heavy atom. The molecule has 7 nitrogen and oxygen atoms in total. The number of methoxy groups -OCH3 is 2. The molecule has 0 aliphatic carbocycles. The van der Waals surface area contributed by atoms with Gasteiger partial charge in [-0.05, 0) is 38.0 Å². The summed E-state index contributed by atoms with van der Waals surface area (Å²) in [5.41, 5.74) is 2.97. The van der Waals surface area contributed by atoms with Crippen LogP contribution in [0.1, 0.15) is 37.7 Å². The van der Waals surface area contributed by atoms with Crippen molar-refractivity contribution in [3.63, 3.8) is 0 Å². The van der Waals surface area contributed by atoms with Crippen molar-refractivity contribution >= 4 is 29.2 Å². The van der Waals surface area contributed by atoms with E-state index in [1.807, 2.05) is 6.92 Å². The molecule has 1 aromatic carbocycles. The van der Waals surface area contributed by atoms with Crippen LogP contribution >= 0.6 is 11.6 Å². The average Bonchev–Trinajstić information content (AvgIpc) is 2.92. The summed E-state index contributed by atoms with van der Waals surface area (Å²) in [6.07, 6.45) is 0. The summed E-state index contributed by atoms with van der Waals surface area (Å²) in [4.78, 5) is 28.0. The Kier molecular flexibility index (Phi) is 6.87. The van der Waals surface area contributed by atoms with E-state index >= 15 is 0 Å². The van der Waals surface area contributed by atoms with E-state index < -0.39 is 11.9 Å². The predicted octanol–water partition coefficient (Wildman–Crippen LogP) is 3.66. The number of aromatic nitrogens is 1. The summed E-state index contributed by atoms with van der Waals surface area (Å²) in [5.74, 6) is -0.456. The Balaban J connectivity index is 2.27. The van der Waals surface area contributed by atoms with Crippen LogP contribution < -0.4 is 10.1 Å². The molecule has 1 amide bonds. The molecule has 0 aliphatic heterocycles. The summed E-state index contributed by atoms with van der Waals surface area (Å²) in [7, 11) is 3.02. The van der Waals surface area contributed by atoms with Crippen molar-refractivity contribution < 1.29 is 23.8 Å². The molecule has 0 atom stereocenters. The third kappa shape index (κ3) is 4.61. The Labute approximate surface area is 162 Å². The maximum Gasteiger partial charge on any atom is 0.340 e. The van der Waals surface area contributed by atoms with Crippen LogP contribution in [0.25, 0.3) is 0 Å². The van der Waals surface area contributed by atoms with Crippen molar-refractivity contribution in [2.24, 2.45) is 0 Å². The van der Waals surface area contributed by atoms with Crippen LogP contribution in [0.4, 0.5) is 5.69 Å². The Bertz CT molecular complexity index is 860. The van der Waals surface area contributed by atoms with E-state index in [1.54, 1.807) is 26.0 Å². The zero-order valence-corrected chi connectivity index (χ0v) is 16.7. The van der Waals surface area contributed by atoms with Gasteiger partial charge in [0.2, 0.25) is 0 Å². The van der Waals surface area contributed by atoms with Crippen LogP contribution in [0, 0.1) is 20.8 Å². The van der Waals surface area contributed by atoms with Gasteiger partial charge < -0.3 is 24.5 Å². The van der Waals surface area contributed by atoms with Crippen molar-refractivity contribution in [3.05, 3.63) is 45.2 Å². The fourth-order valence-electron chi connectivity index (χ4n) is 2.69. The van der Waals surface area contributed by atoms with Gasteiger partial charge in [0.05, 0.1) is 25.0 Å². The number of benzene rings is 1. The Morgan fingerprint density at radius 2 is 1.85 bits per heavy atom. The van der Waals surface area contributed by atoms with Crippen LogP contribution in [-0.4, -0.2) is 44.3 Å². The first-order valence-electron chi connectivity index (χ1n) is 8.30. The quantitative estimate of drug-likeness (QED) is 0.552. The topological polar surface area (TPSA) is 89.7 Å². The molecule has 2 N–H and O–H groups in total. The number of amides is 1. The fraction of sp³-hybridized carbons (Fsp3) is 0.368. The average molecular weight is 395 g/mol. The van der Waals surface area contributed by atoms with E-state index in [0.29, 0.717) is 39.9 Å². The number of ether oxygens (including phenoxy) is 3. The highest BCUT2D eigenvalue weighted by molar-refractivity contribution is 6.31. The van der Waals surface area contributed by atoms with Crippen LogP contribution in [0.2, 0.25) is 5.02 Å². The predicted molar refractivity (Wildman–Crippen MR) is 103 cm³/mol. The Morgan fingerprint density at radius 1 is 1.15 bits per heavy atom. The maximum atomic E-state index is 12.7. The number of carbonyl (C=O) groups is 2. The summed E-state index contributed by atoms with van der Waals surface area (Å²) in [6.45, 7) is 5.68. The molecule has 0 unspecified atom stereocenters. The second-order valence-electron chi connectivity index (χ2n) is 6.01. The number of anilines is 1. The molecule has 0 aliphatic rings. The molecule has 0 fully saturated rings. The number of esters is 1. The number of halogens is 1. The first-order valence-corrected chi connectivity index (χ1v) is 8.68. The van der Waals surface area contributed by atoms with Gasteiger partial charge in [-0.1, -0.05) is 11.6 Å². The summed E-state index contributed by atoms with van der Waals surface area (Å²) in [5, 5.41) is 3.33.